The quantitative estimate of drug-likeness (QED) is 0.836. The Kier molecular flexibility index (Phi) is 5.30. The fourth-order valence-electron chi connectivity index (χ4n) is 3.29. The second-order valence-corrected chi connectivity index (χ2v) is 7.04. The topological polar surface area (TPSA) is 55.1 Å². The monoisotopic (exact) mass is 288 g/mol. The van der Waals surface area contributed by atoms with Crippen LogP contribution in [0, 0.1) is 17.3 Å². The molecule has 112 valence electrons. The van der Waals surface area contributed by atoms with Gasteiger partial charge in [-0.05, 0) is 43.9 Å². The fraction of sp³-hybridized carbons (Fsp3) is 0.933. The highest BCUT2D eigenvalue weighted by Crippen LogP contribution is 2.51. The van der Waals surface area contributed by atoms with E-state index < -0.39 is 0 Å². The van der Waals surface area contributed by atoms with Gasteiger partial charge in [0.25, 0.3) is 0 Å². The molecule has 19 heavy (non-hydrogen) atoms. The molecule has 0 radical (unpaired) electrons. The maximum absolute atomic E-state index is 12.3. The lowest BCUT2D eigenvalue weighted by molar-refractivity contribution is -0.128. The van der Waals surface area contributed by atoms with Crippen LogP contribution in [0.5, 0.6) is 0 Å². The first-order chi connectivity index (χ1) is 8.37. The van der Waals surface area contributed by atoms with Gasteiger partial charge in [-0.2, -0.15) is 0 Å². The van der Waals surface area contributed by atoms with Crippen LogP contribution in [0.3, 0.4) is 0 Å². The van der Waals surface area contributed by atoms with E-state index in [1.807, 2.05) is 6.92 Å². The van der Waals surface area contributed by atoms with Crippen LogP contribution in [0.2, 0.25) is 0 Å². The Morgan fingerprint density at radius 1 is 1.32 bits per heavy atom. The molecule has 2 unspecified atom stereocenters. The first-order valence-corrected chi connectivity index (χ1v) is 7.44. The van der Waals surface area contributed by atoms with Crippen molar-refractivity contribution in [3.63, 3.8) is 0 Å². The Labute approximate surface area is 123 Å². The summed E-state index contributed by atoms with van der Waals surface area (Å²) in [6.07, 6.45) is 6.74. The molecule has 2 atom stereocenters. The highest BCUT2D eigenvalue weighted by Gasteiger charge is 2.46. The lowest BCUT2D eigenvalue weighted by Gasteiger charge is -2.37. The number of nitrogens with one attached hydrogen (secondary N) is 1. The normalized spacial score (nSPS) is 32.6. The zero-order chi connectivity index (χ0) is 13.4. The van der Waals surface area contributed by atoms with Gasteiger partial charge in [-0.25, -0.2) is 0 Å². The predicted octanol–water partition coefficient (Wildman–Crippen LogP) is 2.87. The second-order valence-electron chi connectivity index (χ2n) is 7.04. The summed E-state index contributed by atoms with van der Waals surface area (Å²) >= 11 is 0. The van der Waals surface area contributed by atoms with E-state index in [1.165, 1.54) is 12.8 Å². The molecule has 0 spiro atoms. The van der Waals surface area contributed by atoms with Crippen LogP contribution in [0.15, 0.2) is 0 Å². The van der Waals surface area contributed by atoms with Gasteiger partial charge in [0, 0.05) is 12.1 Å². The lowest BCUT2D eigenvalue weighted by Crippen LogP contribution is -2.53. The molecule has 1 amide bonds. The molecule has 2 saturated carbocycles. The molecule has 2 rings (SSSR count). The molecule has 0 aromatic rings. The summed E-state index contributed by atoms with van der Waals surface area (Å²) in [5.41, 5.74) is 6.35. The molecule has 3 nitrogen and oxygen atoms in total. The third kappa shape index (κ3) is 3.63. The van der Waals surface area contributed by atoms with Crippen LogP contribution in [-0.4, -0.2) is 18.0 Å². The Hall–Kier alpha value is -0.280. The van der Waals surface area contributed by atoms with Crippen LogP contribution in [0.1, 0.15) is 59.3 Å². The molecule has 2 aliphatic carbocycles. The van der Waals surface area contributed by atoms with Crippen molar-refractivity contribution in [1.82, 2.24) is 5.32 Å². The van der Waals surface area contributed by atoms with Gasteiger partial charge in [0.15, 0.2) is 0 Å². The van der Waals surface area contributed by atoms with Gasteiger partial charge in [0.2, 0.25) is 5.91 Å². The molecule has 2 fully saturated rings. The van der Waals surface area contributed by atoms with Crippen LogP contribution in [0.25, 0.3) is 0 Å². The summed E-state index contributed by atoms with van der Waals surface area (Å²) in [6, 6.07) is 0. The first-order valence-electron chi connectivity index (χ1n) is 7.44. The van der Waals surface area contributed by atoms with Crippen LogP contribution in [0.4, 0.5) is 0 Å². The largest absolute Gasteiger partial charge is 0.355 e. The minimum absolute atomic E-state index is 0. The fourth-order valence-corrected chi connectivity index (χ4v) is 3.29. The number of amides is 1. The Bertz CT molecular complexity index is 324. The maximum Gasteiger partial charge on any atom is 0.224 e. The standard InChI is InChI=1S/C15H28N2O.ClH/c1-11(2)15(8-9-15)10-17-13(18)12-6-4-5-7-14(12,3)16;/h11-12H,4-10,16H2,1-3H3,(H,17,18);1H. The predicted molar refractivity (Wildman–Crippen MR) is 81.3 cm³/mol. The molecule has 4 heteroatoms. The average molecular weight is 289 g/mol. The van der Waals surface area contributed by atoms with E-state index >= 15 is 0 Å². The highest BCUT2D eigenvalue weighted by molar-refractivity contribution is 5.85. The van der Waals surface area contributed by atoms with Crippen molar-refractivity contribution in [2.45, 2.75) is 64.8 Å². The van der Waals surface area contributed by atoms with Crippen molar-refractivity contribution in [2.75, 3.05) is 6.54 Å². The zero-order valence-electron chi connectivity index (χ0n) is 12.5. The van der Waals surface area contributed by atoms with E-state index in [9.17, 15) is 4.79 Å². The summed E-state index contributed by atoms with van der Waals surface area (Å²) in [6.45, 7) is 7.39. The average Bonchev–Trinajstić information content (AvgIpc) is 3.06. The number of carbonyl (C=O) groups excluding carboxylic acids is 1. The molecule has 0 aromatic heterocycles. The summed E-state index contributed by atoms with van der Waals surface area (Å²) in [7, 11) is 0. The van der Waals surface area contributed by atoms with Crippen molar-refractivity contribution in [3.05, 3.63) is 0 Å². The minimum atomic E-state index is -0.309. The Morgan fingerprint density at radius 2 is 1.95 bits per heavy atom. The van der Waals surface area contributed by atoms with Gasteiger partial charge in [-0.15, -0.1) is 12.4 Å². The first kappa shape index (κ1) is 16.8. The number of carbonyl (C=O) groups is 1. The molecule has 0 heterocycles. The molecule has 0 bridgehead atoms. The van der Waals surface area contributed by atoms with Crippen LogP contribution >= 0.6 is 12.4 Å². The van der Waals surface area contributed by atoms with E-state index in [0.29, 0.717) is 11.3 Å². The van der Waals surface area contributed by atoms with Crippen LogP contribution in [-0.2, 0) is 4.79 Å². The minimum Gasteiger partial charge on any atom is -0.355 e. The Balaban J connectivity index is 0.00000180. The number of rotatable bonds is 4. The van der Waals surface area contributed by atoms with Gasteiger partial charge in [0.05, 0.1) is 5.92 Å². The van der Waals surface area contributed by atoms with Crippen molar-refractivity contribution in [1.29, 1.82) is 0 Å². The van der Waals surface area contributed by atoms with Gasteiger partial charge >= 0.3 is 0 Å². The van der Waals surface area contributed by atoms with Gasteiger partial charge in [0.1, 0.15) is 0 Å². The smallest absolute Gasteiger partial charge is 0.224 e. The molecule has 0 aliphatic heterocycles. The number of nitrogens with two attached hydrogens (primary N) is 1. The van der Waals surface area contributed by atoms with E-state index in [1.54, 1.807) is 0 Å². The number of hydrogen-bond donors (Lipinski definition) is 2. The molecular formula is C15H29ClN2O. The molecular weight excluding hydrogens is 260 g/mol. The molecule has 0 aromatic carbocycles. The third-order valence-electron chi connectivity index (χ3n) is 5.30. The molecule has 0 saturated heterocycles. The van der Waals surface area contributed by atoms with E-state index in [2.05, 4.69) is 19.2 Å². The van der Waals surface area contributed by atoms with Crippen molar-refractivity contribution in [2.24, 2.45) is 23.0 Å². The third-order valence-corrected chi connectivity index (χ3v) is 5.30. The second kappa shape index (κ2) is 6.01. The summed E-state index contributed by atoms with van der Waals surface area (Å²) in [5.74, 6) is 0.856. The summed E-state index contributed by atoms with van der Waals surface area (Å²) in [4.78, 5) is 12.3. The summed E-state index contributed by atoms with van der Waals surface area (Å²) in [5, 5.41) is 3.17. The number of halogens is 1. The number of hydrogen-bond acceptors (Lipinski definition) is 2. The van der Waals surface area contributed by atoms with E-state index in [0.717, 1.165) is 32.2 Å². The molecule has 3 N–H and O–H groups in total. The van der Waals surface area contributed by atoms with Crippen molar-refractivity contribution < 1.29 is 4.79 Å². The van der Waals surface area contributed by atoms with Crippen LogP contribution < -0.4 is 11.1 Å². The lowest BCUT2D eigenvalue weighted by atomic mass is 9.74. The van der Waals surface area contributed by atoms with Gasteiger partial charge in [-0.3, -0.25) is 4.79 Å². The SMILES string of the molecule is CC(C)C1(CNC(=O)C2CCCCC2(C)N)CC1.Cl. The maximum atomic E-state index is 12.3. The molecule has 2 aliphatic rings. The van der Waals surface area contributed by atoms with Crippen molar-refractivity contribution in [3.8, 4) is 0 Å². The van der Waals surface area contributed by atoms with E-state index in [4.69, 9.17) is 5.73 Å². The zero-order valence-corrected chi connectivity index (χ0v) is 13.3. The van der Waals surface area contributed by atoms with Gasteiger partial charge < -0.3 is 11.1 Å². The van der Waals surface area contributed by atoms with Gasteiger partial charge in [-0.1, -0.05) is 26.7 Å². The summed E-state index contributed by atoms with van der Waals surface area (Å²) < 4.78 is 0. The highest BCUT2D eigenvalue weighted by atomic mass is 35.5. The Morgan fingerprint density at radius 3 is 2.42 bits per heavy atom. The van der Waals surface area contributed by atoms with E-state index in [-0.39, 0.29) is 29.8 Å². The van der Waals surface area contributed by atoms with Crippen molar-refractivity contribution >= 4 is 18.3 Å².